The first-order valence-electron chi connectivity index (χ1n) is 11.3. The van der Waals surface area contributed by atoms with Gasteiger partial charge in [-0.3, -0.25) is 4.21 Å². The maximum atomic E-state index is 15.4. The Bertz CT molecular complexity index is 1420. The van der Waals surface area contributed by atoms with Crippen molar-refractivity contribution in [2.75, 3.05) is 19.4 Å². The molecule has 2 aromatic rings. The van der Waals surface area contributed by atoms with Gasteiger partial charge in [-0.25, -0.2) is 21.5 Å². The summed E-state index contributed by atoms with van der Waals surface area (Å²) in [5, 5.41) is 0. The van der Waals surface area contributed by atoms with Crippen LogP contribution in [-0.4, -0.2) is 48.3 Å². The first kappa shape index (κ1) is 25.5. The Kier molecular flexibility index (Phi) is 5.77. The van der Waals surface area contributed by atoms with Crippen molar-refractivity contribution in [3.05, 3.63) is 59.2 Å². The second-order valence-corrected chi connectivity index (χ2v) is 14.4. The van der Waals surface area contributed by atoms with Crippen molar-refractivity contribution in [1.82, 2.24) is 4.31 Å². The Labute approximate surface area is 206 Å². The summed E-state index contributed by atoms with van der Waals surface area (Å²) in [5.41, 5.74) is -1.45. The van der Waals surface area contributed by atoms with Crippen LogP contribution in [0, 0.1) is 23.5 Å². The Hall–Kier alpha value is -2.18. The maximum absolute atomic E-state index is 15.4. The van der Waals surface area contributed by atoms with E-state index in [1.54, 1.807) is 11.4 Å². The number of hydrogen-bond donors (Lipinski definition) is 0. The molecule has 196 valence electrons. The molecule has 0 amide bonds. The monoisotopic (exact) mass is 549 g/mol. The van der Waals surface area contributed by atoms with Crippen LogP contribution in [0.4, 0.5) is 22.0 Å². The van der Waals surface area contributed by atoms with E-state index in [2.05, 4.69) is 5.87 Å². The minimum absolute atomic E-state index is 0.154. The number of alkyl halides is 3. The Morgan fingerprint density at radius 3 is 2.36 bits per heavy atom. The summed E-state index contributed by atoms with van der Waals surface area (Å²) in [5.74, 6) is 0.365. The van der Waals surface area contributed by atoms with Crippen molar-refractivity contribution in [2.45, 2.75) is 41.1 Å². The zero-order chi connectivity index (χ0) is 26.3. The zero-order valence-electron chi connectivity index (χ0n) is 19.2. The molecular weight excluding hydrogens is 525 g/mol. The normalized spacial score (nSPS) is 32.7. The summed E-state index contributed by atoms with van der Waals surface area (Å²) in [7, 11) is -5.47. The number of hydrogen-bond acceptors (Lipinski definition) is 4. The molecule has 2 aliphatic heterocycles. The van der Waals surface area contributed by atoms with Gasteiger partial charge in [0, 0.05) is 27.4 Å². The first-order chi connectivity index (χ1) is 16.7. The molecule has 2 aromatic carbocycles. The topological polar surface area (TPSA) is 63.7 Å². The van der Waals surface area contributed by atoms with Crippen LogP contribution in [0.5, 0.6) is 5.75 Å². The van der Waals surface area contributed by atoms with E-state index in [1.807, 2.05) is 0 Å². The van der Waals surface area contributed by atoms with E-state index >= 15 is 4.39 Å². The highest BCUT2D eigenvalue weighted by Crippen LogP contribution is 2.60. The molecule has 36 heavy (non-hydrogen) atoms. The second-order valence-electron chi connectivity index (χ2n) is 9.65. The van der Waals surface area contributed by atoms with Crippen molar-refractivity contribution in [1.29, 1.82) is 0 Å². The summed E-state index contributed by atoms with van der Waals surface area (Å²) < 4.78 is 116. The largest absolute Gasteiger partial charge is 0.490 e. The lowest BCUT2D eigenvalue weighted by Gasteiger charge is -2.56. The average Bonchev–Trinajstić information content (AvgIpc) is 2.82. The Morgan fingerprint density at radius 2 is 1.72 bits per heavy atom. The number of benzene rings is 2. The smallest absolute Gasteiger partial charge is 0.416 e. The van der Waals surface area contributed by atoms with Crippen LogP contribution in [-0.2, 0) is 30.5 Å². The molecule has 2 unspecified atom stereocenters. The highest BCUT2D eigenvalue weighted by Gasteiger charge is 2.63. The van der Waals surface area contributed by atoms with Gasteiger partial charge in [-0.15, -0.1) is 0 Å². The molecule has 0 aromatic heterocycles. The molecule has 1 saturated heterocycles. The predicted octanol–water partition coefficient (Wildman–Crippen LogP) is 4.41. The van der Waals surface area contributed by atoms with Gasteiger partial charge in [0.1, 0.15) is 10.6 Å². The summed E-state index contributed by atoms with van der Waals surface area (Å²) in [6.07, 6.45) is -4.30. The fourth-order valence-corrected chi connectivity index (χ4v) is 10.3. The number of nitrogens with zero attached hydrogens (tertiary/aromatic N) is 1. The van der Waals surface area contributed by atoms with Crippen LogP contribution < -0.4 is 4.74 Å². The van der Waals surface area contributed by atoms with Crippen LogP contribution in [0.15, 0.2) is 41.3 Å². The van der Waals surface area contributed by atoms with Crippen LogP contribution in [0.3, 0.4) is 0 Å². The van der Waals surface area contributed by atoms with Crippen molar-refractivity contribution < 1.29 is 39.3 Å². The molecule has 5 atom stereocenters. The van der Waals surface area contributed by atoms with E-state index in [9.17, 15) is 30.2 Å². The van der Waals surface area contributed by atoms with Gasteiger partial charge in [-0.1, -0.05) is 0 Å². The van der Waals surface area contributed by atoms with Crippen LogP contribution in [0.2, 0.25) is 0 Å². The van der Waals surface area contributed by atoms with Gasteiger partial charge in [0.15, 0.2) is 21.4 Å². The predicted molar refractivity (Wildman–Crippen MR) is 125 cm³/mol. The molecule has 1 aliphatic carbocycles. The molecule has 12 heteroatoms. The van der Waals surface area contributed by atoms with E-state index in [0.717, 1.165) is 24.3 Å². The van der Waals surface area contributed by atoms with Crippen molar-refractivity contribution in [2.24, 2.45) is 11.8 Å². The summed E-state index contributed by atoms with van der Waals surface area (Å²) in [4.78, 5) is -0.416. The summed E-state index contributed by atoms with van der Waals surface area (Å²) >= 11 is 0. The molecule has 5 nitrogen and oxygen atoms in total. The van der Waals surface area contributed by atoms with Crippen molar-refractivity contribution >= 4 is 25.4 Å². The van der Waals surface area contributed by atoms with Gasteiger partial charge in [-0.05, 0) is 74.5 Å². The molecule has 0 bridgehead atoms. The average molecular weight is 550 g/mol. The van der Waals surface area contributed by atoms with E-state index in [-0.39, 0.29) is 31.2 Å². The number of sulfone groups is 1. The molecule has 2 fully saturated rings. The highest BCUT2D eigenvalue weighted by atomic mass is 32.2. The molecule has 1 saturated carbocycles. The van der Waals surface area contributed by atoms with Gasteiger partial charge in [0.05, 0.1) is 22.6 Å². The summed E-state index contributed by atoms with van der Waals surface area (Å²) in [6.45, 7) is -0.236. The van der Waals surface area contributed by atoms with E-state index in [4.69, 9.17) is 4.74 Å². The maximum Gasteiger partial charge on any atom is 0.416 e. The molecule has 2 heterocycles. The standard InChI is InChI=1S/C24H24F5NO4S2/c1-30-20-9-11-23(36(32,33)15-5-3-14(4-6-15)24(27,28)29)17(16(20)10-12-35(30,2)31)13-34-22-19(26)8-7-18(25)21(22)23/h3-8,16-17,20H,2,9-13H2,1H3/t16?,17-,20+,23-,35?/m0/s1. The lowest BCUT2D eigenvalue weighted by molar-refractivity contribution is -0.137. The van der Waals surface area contributed by atoms with Crippen LogP contribution >= 0.6 is 0 Å². The number of rotatable bonds is 2. The molecule has 0 radical (unpaired) electrons. The van der Waals surface area contributed by atoms with E-state index < -0.39 is 75.7 Å². The van der Waals surface area contributed by atoms with Gasteiger partial charge < -0.3 is 4.74 Å². The van der Waals surface area contributed by atoms with Crippen LogP contribution in [0.1, 0.15) is 30.4 Å². The van der Waals surface area contributed by atoms with Crippen molar-refractivity contribution in [3.8, 4) is 5.75 Å². The van der Waals surface area contributed by atoms with Gasteiger partial charge in [0.25, 0.3) is 0 Å². The fourth-order valence-electron chi connectivity index (χ4n) is 6.24. The molecule has 0 N–H and O–H groups in total. The molecule has 3 aliphatic rings. The Morgan fingerprint density at radius 1 is 1.08 bits per heavy atom. The third kappa shape index (κ3) is 3.51. The molecular formula is C24H24F5NO4S2. The fraction of sp³-hybridized carbons (Fsp3) is 0.458. The van der Waals surface area contributed by atoms with E-state index in [1.165, 1.54) is 0 Å². The zero-order valence-corrected chi connectivity index (χ0v) is 20.9. The van der Waals surface area contributed by atoms with E-state index in [0.29, 0.717) is 18.6 Å². The first-order valence-corrected chi connectivity index (χ1v) is 14.7. The third-order valence-electron chi connectivity index (χ3n) is 8.04. The lowest BCUT2D eigenvalue weighted by Crippen LogP contribution is -2.62. The minimum atomic E-state index is -4.67. The third-order valence-corrected chi connectivity index (χ3v) is 12.8. The van der Waals surface area contributed by atoms with Gasteiger partial charge in [0.2, 0.25) is 0 Å². The number of halogens is 5. The van der Waals surface area contributed by atoms with Gasteiger partial charge in [-0.2, -0.15) is 13.2 Å². The minimum Gasteiger partial charge on any atom is -0.490 e. The number of ether oxygens (including phenoxy) is 1. The summed E-state index contributed by atoms with van der Waals surface area (Å²) in [6, 6.07) is 4.41. The second kappa shape index (κ2) is 8.16. The number of fused-ring (bicyclic) bond motifs is 5. The van der Waals surface area contributed by atoms with Gasteiger partial charge >= 0.3 is 6.18 Å². The molecule has 0 spiro atoms. The SMILES string of the molecule is C=S1(=O)CCC2[C@@H](CC[C@@]3(S(=O)(=O)c4ccc(C(F)(F)F)cc4)c4c(F)ccc(F)c4OC[C@@H]23)N1C. The van der Waals surface area contributed by atoms with Crippen molar-refractivity contribution in [3.63, 3.8) is 0 Å². The highest BCUT2D eigenvalue weighted by molar-refractivity contribution is 7.98. The quantitative estimate of drug-likeness (QED) is 0.412. The molecule has 5 rings (SSSR count). The lowest BCUT2D eigenvalue weighted by atomic mass is 9.64. The Balaban J connectivity index is 1.73. The van der Waals surface area contributed by atoms with Crippen LogP contribution in [0.25, 0.3) is 0 Å².